The fourth-order valence-corrected chi connectivity index (χ4v) is 1.63. The zero-order valence-corrected chi connectivity index (χ0v) is 9.37. The van der Waals surface area contributed by atoms with E-state index in [0.29, 0.717) is 5.92 Å². The highest BCUT2D eigenvalue weighted by molar-refractivity contribution is 5.38. The average molecular weight is 190 g/mol. The predicted octanol–water partition coefficient (Wildman–Crippen LogP) is 3.76. The van der Waals surface area contributed by atoms with Gasteiger partial charge in [0.05, 0.1) is 7.11 Å². The van der Waals surface area contributed by atoms with Crippen molar-refractivity contribution in [3.8, 4) is 5.75 Å². The van der Waals surface area contributed by atoms with Crippen LogP contribution < -0.4 is 4.74 Å². The first-order valence-corrected chi connectivity index (χ1v) is 4.93. The maximum absolute atomic E-state index is 5.32. The highest BCUT2D eigenvalue weighted by Gasteiger charge is 2.07. The van der Waals surface area contributed by atoms with Gasteiger partial charge >= 0.3 is 0 Å². The summed E-state index contributed by atoms with van der Waals surface area (Å²) in [6.45, 7) is 6.42. The van der Waals surface area contributed by atoms with Crippen molar-refractivity contribution in [3.63, 3.8) is 0 Å². The summed E-state index contributed by atoms with van der Waals surface area (Å²) in [6.07, 6.45) is 2.25. The van der Waals surface area contributed by atoms with E-state index in [2.05, 4.69) is 32.9 Å². The lowest BCUT2D eigenvalue weighted by Gasteiger charge is -2.12. The topological polar surface area (TPSA) is 9.23 Å². The molecular formula is C13H18O. The summed E-state index contributed by atoms with van der Waals surface area (Å²) in [5.41, 5.74) is 2.58. The molecule has 0 saturated carbocycles. The number of methoxy groups -OCH3 is 1. The molecule has 1 nitrogen and oxygen atoms in total. The normalized spacial score (nSPS) is 12.0. The Morgan fingerprint density at radius 2 is 1.93 bits per heavy atom. The van der Waals surface area contributed by atoms with Crippen molar-refractivity contribution < 1.29 is 4.74 Å². The van der Waals surface area contributed by atoms with Gasteiger partial charge in [-0.3, -0.25) is 0 Å². The van der Waals surface area contributed by atoms with Crippen molar-refractivity contribution in [2.45, 2.75) is 26.7 Å². The van der Waals surface area contributed by atoms with E-state index >= 15 is 0 Å². The molecule has 0 aliphatic carbocycles. The standard InChI is InChI=1S/C13H18O/c1-10(2)9-11(3)12-7-5-6-8-13(12)14-4/h5-9,11H,1-4H3. The Bertz CT molecular complexity index is 322. The average Bonchev–Trinajstić information content (AvgIpc) is 2.16. The minimum Gasteiger partial charge on any atom is -0.496 e. The quantitative estimate of drug-likeness (QED) is 0.659. The van der Waals surface area contributed by atoms with Crippen molar-refractivity contribution in [1.82, 2.24) is 0 Å². The second-order valence-corrected chi connectivity index (χ2v) is 3.77. The first-order valence-electron chi connectivity index (χ1n) is 4.93. The third-order valence-electron chi connectivity index (χ3n) is 2.21. The van der Waals surface area contributed by atoms with Gasteiger partial charge in [-0.05, 0) is 19.9 Å². The Hall–Kier alpha value is -1.24. The van der Waals surface area contributed by atoms with E-state index in [9.17, 15) is 0 Å². The van der Waals surface area contributed by atoms with E-state index in [1.165, 1.54) is 11.1 Å². The van der Waals surface area contributed by atoms with E-state index in [0.717, 1.165) is 5.75 Å². The van der Waals surface area contributed by atoms with E-state index in [4.69, 9.17) is 4.74 Å². The summed E-state index contributed by atoms with van der Waals surface area (Å²) in [7, 11) is 1.72. The Balaban J connectivity index is 2.99. The Labute approximate surface area is 86.4 Å². The monoisotopic (exact) mass is 190 g/mol. The van der Waals surface area contributed by atoms with Crippen molar-refractivity contribution in [3.05, 3.63) is 41.5 Å². The summed E-state index contributed by atoms with van der Waals surface area (Å²) in [6, 6.07) is 8.17. The molecule has 76 valence electrons. The number of para-hydroxylation sites is 1. The van der Waals surface area contributed by atoms with Gasteiger partial charge in [0.1, 0.15) is 5.75 Å². The van der Waals surface area contributed by atoms with Gasteiger partial charge in [-0.1, -0.05) is 36.8 Å². The fraction of sp³-hybridized carbons (Fsp3) is 0.385. The van der Waals surface area contributed by atoms with Crippen LogP contribution in [0.4, 0.5) is 0 Å². The summed E-state index contributed by atoms with van der Waals surface area (Å²) < 4.78 is 5.32. The number of hydrogen-bond acceptors (Lipinski definition) is 1. The molecule has 1 aromatic rings. The molecule has 0 aliphatic rings. The van der Waals surface area contributed by atoms with Gasteiger partial charge in [-0.15, -0.1) is 0 Å². The van der Waals surface area contributed by atoms with Crippen LogP contribution in [0.1, 0.15) is 32.3 Å². The minimum absolute atomic E-state index is 0.413. The van der Waals surface area contributed by atoms with Crippen molar-refractivity contribution in [2.24, 2.45) is 0 Å². The maximum atomic E-state index is 5.32. The van der Waals surface area contributed by atoms with Gasteiger partial charge in [0.15, 0.2) is 0 Å². The third kappa shape index (κ3) is 2.63. The highest BCUT2D eigenvalue weighted by atomic mass is 16.5. The summed E-state index contributed by atoms with van der Waals surface area (Å²) >= 11 is 0. The van der Waals surface area contributed by atoms with Gasteiger partial charge in [0.25, 0.3) is 0 Å². The zero-order chi connectivity index (χ0) is 10.6. The van der Waals surface area contributed by atoms with Crippen molar-refractivity contribution in [1.29, 1.82) is 0 Å². The SMILES string of the molecule is COc1ccccc1C(C)C=C(C)C. The van der Waals surface area contributed by atoms with Crippen LogP contribution in [0.2, 0.25) is 0 Å². The number of rotatable bonds is 3. The molecule has 14 heavy (non-hydrogen) atoms. The first kappa shape index (κ1) is 10.8. The molecule has 1 atom stereocenters. The molecule has 1 unspecified atom stereocenters. The molecule has 0 amide bonds. The molecule has 0 radical (unpaired) electrons. The number of ether oxygens (including phenoxy) is 1. The van der Waals surface area contributed by atoms with Crippen LogP contribution in [0.3, 0.4) is 0 Å². The van der Waals surface area contributed by atoms with Gasteiger partial charge in [-0.25, -0.2) is 0 Å². The first-order chi connectivity index (χ1) is 6.65. The minimum atomic E-state index is 0.413. The maximum Gasteiger partial charge on any atom is 0.122 e. The van der Waals surface area contributed by atoms with Gasteiger partial charge < -0.3 is 4.74 Å². The van der Waals surface area contributed by atoms with Crippen LogP contribution in [-0.4, -0.2) is 7.11 Å². The Kier molecular flexibility index (Phi) is 3.75. The summed E-state index contributed by atoms with van der Waals surface area (Å²) in [5, 5.41) is 0. The van der Waals surface area contributed by atoms with Gasteiger partial charge in [-0.2, -0.15) is 0 Å². The Morgan fingerprint density at radius 3 is 2.50 bits per heavy atom. The van der Waals surface area contributed by atoms with Crippen LogP contribution in [0, 0.1) is 0 Å². The van der Waals surface area contributed by atoms with Crippen LogP contribution in [0.5, 0.6) is 5.75 Å². The third-order valence-corrected chi connectivity index (χ3v) is 2.21. The molecule has 0 fully saturated rings. The lowest BCUT2D eigenvalue weighted by Crippen LogP contribution is -1.95. The van der Waals surface area contributed by atoms with Crippen LogP contribution >= 0.6 is 0 Å². The van der Waals surface area contributed by atoms with Crippen LogP contribution in [0.25, 0.3) is 0 Å². The molecule has 0 aliphatic heterocycles. The Morgan fingerprint density at radius 1 is 1.29 bits per heavy atom. The van der Waals surface area contributed by atoms with Crippen molar-refractivity contribution >= 4 is 0 Å². The molecule has 1 aromatic carbocycles. The number of hydrogen-bond donors (Lipinski definition) is 0. The largest absolute Gasteiger partial charge is 0.496 e. The van der Waals surface area contributed by atoms with Gasteiger partial charge in [0.2, 0.25) is 0 Å². The predicted molar refractivity (Wildman–Crippen MR) is 60.8 cm³/mol. The molecular weight excluding hydrogens is 172 g/mol. The molecule has 1 rings (SSSR count). The second kappa shape index (κ2) is 4.85. The van der Waals surface area contributed by atoms with E-state index in [1.807, 2.05) is 18.2 Å². The molecule has 1 heteroatoms. The molecule has 0 saturated heterocycles. The number of benzene rings is 1. The fourth-order valence-electron chi connectivity index (χ4n) is 1.63. The van der Waals surface area contributed by atoms with Crippen molar-refractivity contribution in [2.75, 3.05) is 7.11 Å². The summed E-state index contributed by atoms with van der Waals surface area (Å²) in [4.78, 5) is 0. The molecule has 0 N–H and O–H groups in total. The molecule has 0 heterocycles. The lowest BCUT2D eigenvalue weighted by atomic mass is 9.98. The molecule has 0 aromatic heterocycles. The van der Waals surface area contributed by atoms with Crippen LogP contribution in [-0.2, 0) is 0 Å². The number of allylic oxidation sites excluding steroid dienone is 2. The van der Waals surface area contributed by atoms with E-state index < -0.39 is 0 Å². The van der Waals surface area contributed by atoms with E-state index in [1.54, 1.807) is 7.11 Å². The summed E-state index contributed by atoms with van der Waals surface area (Å²) in [5.74, 6) is 1.38. The molecule has 0 bridgehead atoms. The lowest BCUT2D eigenvalue weighted by molar-refractivity contribution is 0.408. The van der Waals surface area contributed by atoms with E-state index in [-0.39, 0.29) is 0 Å². The highest BCUT2D eigenvalue weighted by Crippen LogP contribution is 2.27. The smallest absolute Gasteiger partial charge is 0.122 e. The van der Waals surface area contributed by atoms with Gasteiger partial charge in [0, 0.05) is 11.5 Å². The second-order valence-electron chi connectivity index (χ2n) is 3.77. The molecule has 0 spiro atoms. The van der Waals surface area contributed by atoms with Crippen LogP contribution in [0.15, 0.2) is 35.9 Å². The zero-order valence-electron chi connectivity index (χ0n) is 9.37.